The van der Waals surface area contributed by atoms with Crippen molar-refractivity contribution in [2.75, 3.05) is 30.9 Å². The van der Waals surface area contributed by atoms with Crippen LogP contribution in [-0.4, -0.2) is 32.1 Å². The summed E-state index contributed by atoms with van der Waals surface area (Å²) in [5.41, 5.74) is 6.13. The Morgan fingerprint density at radius 2 is 1.67 bits per heavy atom. The molecule has 4 N–H and O–H groups in total. The van der Waals surface area contributed by atoms with Crippen molar-refractivity contribution in [1.82, 2.24) is 0 Å². The summed E-state index contributed by atoms with van der Waals surface area (Å²) in [6.07, 6.45) is 0. The molecule has 0 saturated heterocycles. The van der Waals surface area contributed by atoms with E-state index in [1.807, 2.05) is 18.2 Å². The molecule has 0 aromatic heterocycles. The third kappa shape index (κ3) is 4.99. The van der Waals surface area contributed by atoms with E-state index in [0.29, 0.717) is 22.9 Å². The number of anilines is 2. The molecule has 0 heterocycles. The van der Waals surface area contributed by atoms with Crippen molar-refractivity contribution in [3.8, 4) is 11.5 Å². The van der Waals surface area contributed by atoms with E-state index in [9.17, 15) is 9.59 Å². The van der Waals surface area contributed by atoms with Crippen LogP contribution in [0.1, 0.15) is 0 Å². The van der Waals surface area contributed by atoms with E-state index in [4.69, 9.17) is 15.2 Å². The number of carbonyl (C=O) groups excluding carboxylic acids is 2. The molecule has 24 heavy (non-hydrogen) atoms. The van der Waals surface area contributed by atoms with Gasteiger partial charge in [-0.05, 0) is 24.3 Å². The number of nitrogens with one attached hydrogen (secondary N) is 2. The summed E-state index contributed by atoms with van der Waals surface area (Å²) in [5.74, 6) is 0.409. The standard InChI is InChI=1S/C17H19N3O4/c1-23-13-7-8-14(15(9-13)20-16(21)10-18)19-17(22)11-24-12-5-3-2-4-6-12/h2-9H,10-11,18H2,1H3,(H,19,22)(H,20,21). The first-order valence-electron chi connectivity index (χ1n) is 7.28. The normalized spacial score (nSPS) is 9.92. The number of ether oxygens (including phenoxy) is 2. The van der Waals surface area contributed by atoms with Crippen LogP contribution in [0.3, 0.4) is 0 Å². The fourth-order valence-corrected chi connectivity index (χ4v) is 1.92. The molecule has 0 aliphatic carbocycles. The second kappa shape index (κ2) is 8.54. The summed E-state index contributed by atoms with van der Waals surface area (Å²) in [5, 5.41) is 5.30. The van der Waals surface area contributed by atoms with Gasteiger partial charge in [-0.15, -0.1) is 0 Å². The van der Waals surface area contributed by atoms with E-state index in [2.05, 4.69) is 10.6 Å². The molecule has 0 radical (unpaired) electrons. The molecule has 0 atom stereocenters. The zero-order chi connectivity index (χ0) is 17.4. The minimum Gasteiger partial charge on any atom is -0.497 e. The van der Waals surface area contributed by atoms with E-state index >= 15 is 0 Å². The molecule has 126 valence electrons. The lowest BCUT2D eigenvalue weighted by atomic mass is 10.2. The van der Waals surface area contributed by atoms with Crippen LogP contribution in [0.2, 0.25) is 0 Å². The first-order valence-corrected chi connectivity index (χ1v) is 7.28. The van der Waals surface area contributed by atoms with E-state index in [1.54, 1.807) is 30.3 Å². The molecule has 7 heteroatoms. The lowest BCUT2D eigenvalue weighted by Gasteiger charge is -2.14. The van der Waals surface area contributed by atoms with E-state index in [-0.39, 0.29) is 25.0 Å². The Morgan fingerprint density at radius 3 is 2.33 bits per heavy atom. The molecule has 2 rings (SSSR count). The number of benzene rings is 2. The number of nitrogens with two attached hydrogens (primary N) is 1. The summed E-state index contributed by atoms with van der Waals surface area (Å²) < 4.78 is 10.5. The quantitative estimate of drug-likeness (QED) is 0.716. The summed E-state index contributed by atoms with van der Waals surface area (Å²) in [7, 11) is 1.51. The predicted octanol–water partition coefficient (Wildman–Crippen LogP) is 1.61. The van der Waals surface area contributed by atoms with E-state index < -0.39 is 0 Å². The van der Waals surface area contributed by atoms with Gasteiger partial charge in [-0.2, -0.15) is 0 Å². The Hall–Kier alpha value is -3.06. The number of methoxy groups -OCH3 is 1. The Morgan fingerprint density at radius 1 is 0.958 bits per heavy atom. The zero-order valence-electron chi connectivity index (χ0n) is 13.2. The highest BCUT2D eigenvalue weighted by Gasteiger charge is 2.11. The molecular formula is C17H19N3O4. The highest BCUT2D eigenvalue weighted by Crippen LogP contribution is 2.27. The van der Waals surface area contributed by atoms with E-state index in [1.165, 1.54) is 7.11 Å². The van der Waals surface area contributed by atoms with Gasteiger partial charge in [0.2, 0.25) is 5.91 Å². The van der Waals surface area contributed by atoms with Crippen molar-refractivity contribution in [2.45, 2.75) is 0 Å². The van der Waals surface area contributed by atoms with Gasteiger partial charge in [0.1, 0.15) is 11.5 Å². The monoisotopic (exact) mass is 329 g/mol. The summed E-state index contributed by atoms with van der Waals surface area (Å²) in [4.78, 5) is 23.6. The van der Waals surface area contributed by atoms with Crippen LogP contribution in [0.5, 0.6) is 11.5 Å². The molecule has 0 bridgehead atoms. The van der Waals surface area contributed by atoms with Crippen LogP contribution >= 0.6 is 0 Å². The molecule has 0 fully saturated rings. The van der Waals surface area contributed by atoms with Gasteiger partial charge < -0.3 is 25.8 Å². The molecule has 0 saturated carbocycles. The maximum absolute atomic E-state index is 12.0. The Labute approximate surface area is 139 Å². The number of carbonyl (C=O) groups is 2. The van der Waals surface area contributed by atoms with Crippen molar-refractivity contribution in [1.29, 1.82) is 0 Å². The maximum Gasteiger partial charge on any atom is 0.262 e. The number of para-hydroxylation sites is 1. The predicted molar refractivity (Wildman–Crippen MR) is 91.2 cm³/mol. The van der Waals surface area contributed by atoms with Crippen molar-refractivity contribution < 1.29 is 19.1 Å². The number of hydrogen-bond donors (Lipinski definition) is 3. The summed E-state index contributed by atoms with van der Waals surface area (Å²) in [6.45, 7) is -0.317. The van der Waals surface area contributed by atoms with Gasteiger partial charge in [-0.25, -0.2) is 0 Å². The minimum absolute atomic E-state index is 0.152. The average Bonchev–Trinajstić information content (AvgIpc) is 2.62. The van der Waals surface area contributed by atoms with Gasteiger partial charge in [-0.1, -0.05) is 18.2 Å². The number of rotatable bonds is 7. The van der Waals surface area contributed by atoms with Crippen molar-refractivity contribution in [3.63, 3.8) is 0 Å². The SMILES string of the molecule is COc1ccc(NC(=O)COc2ccccc2)c(NC(=O)CN)c1. The van der Waals surface area contributed by atoms with Crippen molar-refractivity contribution in [3.05, 3.63) is 48.5 Å². The molecule has 7 nitrogen and oxygen atoms in total. The number of hydrogen-bond acceptors (Lipinski definition) is 5. The Bertz CT molecular complexity index is 704. The molecule has 2 aromatic carbocycles. The van der Waals surface area contributed by atoms with Crippen molar-refractivity contribution >= 4 is 23.2 Å². The van der Waals surface area contributed by atoms with Crippen LogP contribution in [0.25, 0.3) is 0 Å². The van der Waals surface area contributed by atoms with Crippen molar-refractivity contribution in [2.24, 2.45) is 5.73 Å². The molecule has 0 spiro atoms. The largest absolute Gasteiger partial charge is 0.497 e. The maximum atomic E-state index is 12.0. The second-order valence-electron chi connectivity index (χ2n) is 4.81. The van der Waals surface area contributed by atoms with Gasteiger partial charge in [0.25, 0.3) is 5.91 Å². The first kappa shape index (κ1) is 17.3. The van der Waals surface area contributed by atoms with Gasteiger partial charge in [0, 0.05) is 6.07 Å². The molecule has 2 aromatic rings. The van der Waals surface area contributed by atoms with Crippen LogP contribution in [0.4, 0.5) is 11.4 Å². The second-order valence-corrected chi connectivity index (χ2v) is 4.81. The van der Waals surface area contributed by atoms with Crippen LogP contribution in [0.15, 0.2) is 48.5 Å². The lowest BCUT2D eigenvalue weighted by Crippen LogP contribution is -2.24. The van der Waals surface area contributed by atoms with Gasteiger partial charge in [0.15, 0.2) is 6.61 Å². The lowest BCUT2D eigenvalue weighted by molar-refractivity contribution is -0.118. The van der Waals surface area contributed by atoms with E-state index in [0.717, 1.165) is 0 Å². The van der Waals surface area contributed by atoms with Crippen LogP contribution < -0.4 is 25.8 Å². The zero-order valence-corrected chi connectivity index (χ0v) is 13.2. The summed E-state index contributed by atoms with van der Waals surface area (Å²) in [6, 6.07) is 13.9. The van der Waals surface area contributed by atoms with Gasteiger partial charge in [-0.3, -0.25) is 9.59 Å². The minimum atomic E-state index is -0.376. The smallest absolute Gasteiger partial charge is 0.262 e. The average molecular weight is 329 g/mol. The van der Waals surface area contributed by atoms with Gasteiger partial charge >= 0.3 is 0 Å². The summed E-state index contributed by atoms with van der Waals surface area (Å²) >= 11 is 0. The third-order valence-corrected chi connectivity index (χ3v) is 3.07. The first-order chi connectivity index (χ1) is 11.6. The van der Waals surface area contributed by atoms with Gasteiger partial charge in [0.05, 0.1) is 25.0 Å². The van der Waals surface area contributed by atoms with Crippen LogP contribution in [-0.2, 0) is 9.59 Å². The molecular weight excluding hydrogens is 310 g/mol. The highest BCUT2D eigenvalue weighted by atomic mass is 16.5. The van der Waals surface area contributed by atoms with Crippen LogP contribution in [0, 0.1) is 0 Å². The fourth-order valence-electron chi connectivity index (χ4n) is 1.92. The molecule has 0 aliphatic rings. The third-order valence-electron chi connectivity index (χ3n) is 3.07. The molecule has 0 aliphatic heterocycles. The topological polar surface area (TPSA) is 103 Å². The number of amides is 2. The Kier molecular flexibility index (Phi) is 6.16. The molecule has 0 unspecified atom stereocenters. The fraction of sp³-hybridized carbons (Fsp3) is 0.176. The highest BCUT2D eigenvalue weighted by molar-refractivity contribution is 6.00. The molecule has 2 amide bonds. The Balaban J connectivity index is 2.04.